The number of rotatable bonds is 5. The van der Waals surface area contributed by atoms with Crippen LogP contribution in [0.15, 0.2) is 29.3 Å². The van der Waals surface area contributed by atoms with E-state index in [-0.39, 0.29) is 29.8 Å². The molecule has 0 aliphatic carbocycles. The molecule has 142 valence electrons. The molecule has 1 fully saturated rings. The third-order valence-corrected chi connectivity index (χ3v) is 4.71. The summed E-state index contributed by atoms with van der Waals surface area (Å²) in [4.78, 5) is 8.96. The largest absolute Gasteiger partial charge is 0.356 e. The Morgan fingerprint density at radius 1 is 1.44 bits per heavy atom. The monoisotopic (exact) mass is 462 g/mol. The fourth-order valence-corrected chi connectivity index (χ4v) is 3.34. The number of nitrogens with zero attached hydrogens (tertiary/aromatic N) is 3. The van der Waals surface area contributed by atoms with E-state index in [9.17, 15) is 4.39 Å². The Labute approximate surface area is 168 Å². The van der Waals surface area contributed by atoms with Gasteiger partial charge in [-0.1, -0.05) is 12.1 Å². The maximum absolute atomic E-state index is 13.3. The lowest BCUT2D eigenvalue weighted by molar-refractivity contribution is 0.140. The number of piperidine rings is 1. The fourth-order valence-electron chi connectivity index (χ4n) is 3.34. The first-order chi connectivity index (χ1) is 11.5. The summed E-state index contributed by atoms with van der Waals surface area (Å²) in [6, 6.07) is 7.35. The number of benzene rings is 1. The van der Waals surface area contributed by atoms with E-state index in [2.05, 4.69) is 29.1 Å². The molecule has 1 aromatic carbocycles. The highest BCUT2D eigenvalue weighted by Gasteiger charge is 2.22. The molecular formula is C19H32FIN4. The summed E-state index contributed by atoms with van der Waals surface area (Å²) in [5, 5.41) is 3.49. The van der Waals surface area contributed by atoms with Gasteiger partial charge in [0.2, 0.25) is 0 Å². The molecule has 0 amide bonds. The van der Waals surface area contributed by atoms with E-state index in [1.165, 1.54) is 25.5 Å². The Hall–Kier alpha value is -0.890. The number of nitrogens with one attached hydrogen (secondary N) is 1. The van der Waals surface area contributed by atoms with Gasteiger partial charge in [0, 0.05) is 39.8 Å². The summed E-state index contributed by atoms with van der Waals surface area (Å²) in [7, 11) is 3.78. The van der Waals surface area contributed by atoms with Gasteiger partial charge in [-0.05, 0) is 56.8 Å². The van der Waals surface area contributed by atoms with E-state index >= 15 is 0 Å². The summed E-state index contributed by atoms with van der Waals surface area (Å²) in [5.74, 6) is 1.32. The number of likely N-dealkylation sites (tertiary alicyclic amines) is 1. The smallest absolute Gasteiger partial charge is 0.193 e. The molecule has 2 rings (SSSR count). The first-order valence-electron chi connectivity index (χ1n) is 8.90. The van der Waals surface area contributed by atoms with Crippen molar-refractivity contribution in [2.45, 2.75) is 39.3 Å². The average Bonchev–Trinajstić information content (AvgIpc) is 2.55. The predicted octanol–water partition coefficient (Wildman–Crippen LogP) is 3.57. The molecule has 1 aliphatic heterocycles. The van der Waals surface area contributed by atoms with Crippen molar-refractivity contribution >= 4 is 29.9 Å². The lowest BCUT2D eigenvalue weighted by Gasteiger charge is -2.36. The zero-order valence-corrected chi connectivity index (χ0v) is 18.2. The Morgan fingerprint density at radius 2 is 2.20 bits per heavy atom. The molecule has 0 saturated carbocycles. The molecule has 6 heteroatoms. The van der Waals surface area contributed by atoms with Gasteiger partial charge in [-0.2, -0.15) is 0 Å². The lowest BCUT2D eigenvalue weighted by atomic mass is 9.97. The third kappa shape index (κ3) is 7.09. The van der Waals surface area contributed by atoms with Crippen molar-refractivity contribution < 1.29 is 4.39 Å². The van der Waals surface area contributed by atoms with Crippen LogP contribution in [-0.2, 0) is 6.54 Å². The normalized spacial score (nSPS) is 18.8. The van der Waals surface area contributed by atoms with E-state index < -0.39 is 0 Å². The molecule has 4 nitrogen and oxygen atoms in total. The minimum absolute atomic E-state index is 0. The van der Waals surface area contributed by atoms with E-state index in [0.29, 0.717) is 18.5 Å². The van der Waals surface area contributed by atoms with Crippen LogP contribution in [-0.4, -0.2) is 55.5 Å². The summed E-state index contributed by atoms with van der Waals surface area (Å²) < 4.78 is 13.3. The summed E-state index contributed by atoms with van der Waals surface area (Å²) in [6.07, 6.45) is 2.53. The standard InChI is InChI=1S/C19H31FN4.HI/c1-15(2)24-10-6-8-17(14-24)12-22-19(21-3)23(4)13-16-7-5-9-18(20)11-16;/h5,7,9,11,15,17H,6,8,10,12-14H2,1-4H3,(H,21,22);1H. The SMILES string of the molecule is CN=C(NCC1CCCN(C(C)C)C1)N(C)Cc1cccc(F)c1.I. The number of halogens is 2. The molecule has 0 radical (unpaired) electrons. The van der Waals surface area contributed by atoms with E-state index in [4.69, 9.17) is 0 Å². The molecule has 0 spiro atoms. The van der Waals surface area contributed by atoms with Gasteiger partial charge < -0.3 is 15.1 Å². The second-order valence-corrected chi connectivity index (χ2v) is 7.01. The minimum atomic E-state index is -0.195. The van der Waals surface area contributed by atoms with Crippen LogP contribution in [0, 0.1) is 11.7 Å². The van der Waals surface area contributed by atoms with Crippen LogP contribution in [0.4, 0.5) is 4.39 Å². The summed E-state index contributed by atoms with van der Waals surface area (Å²) >= 11 is 0. The van der Waals surface area contributed by atoms with Crippen LogP contribution in [0.5, 0.6) is 0 Å². The van der Waals surface area contributed by atoms with Crippen molar-refractivity contribution in [1.29, 1.82) is 0 Å². The second kappa shape index (κ2) is 11.0. The second-order valence-electron chi connectivity index (χ2n) is 7.01. The first-order valence-corrected chi connectivity index (χ1v) is 8.90. The van der Waals surface area contributed by atoms with Crippen molar-refractivity contribution in [2.24, 2.45) is 10.9 Å². The summed E-state index contributed by atoms with van der Waals surface area (Å²) in [5.41, 5.74) is 0.948. The zero-order chi connectivity index (χ0) is 17.5. The predicted molar refractivity (Wildman–Crippen MR) is 114 cm³/mol. The molecule has 0 bridgehead atoms. The van der Waals surface area contributed by atoms with E-state index in [0.717, 1.165) is 24.6 Å². The molecule has 25 heavy (non-hydrogen) atoms. The quantitative estimate of drug-likeness (QED) is 0.413. The highest BCUT2D eigenvalue weighted by Crippen LogP contribution is 2.17. The van der Waals surface area contributed by atoms with Gasteiger partial charge in [-0.25, -0.2) is 4.39 Å². The van der Waals surface area contributed by atoms with Crippen LogP contribution in [0.3, 0.4) is 0 Å². The van der Waals surface area contributed by atoms with Crippen LogP contribution < -0.4 is 5.32 Å². The molecule has 1 N–H and O–H groups in total. The maximum Gasteiger partial charge on any atom is 0.193 e. The van der Waals surface area contributed by atoms with Crippen LogP contribution >= 0.6 is 24.0 Å². The molecular weight excluding hydrogens is 430 g/mol. The molecule has 1 unspecified atom stereocenters. The van der Waals surface area contributed by atoms with Crippen molar-refractivity contribution in [3.63, 3.8) is 0 Å². The maximum atomic E-state index is 13.3. The van der Waals surface area contributed by atoms with Gasteiger partial charge in [0.25, 0.3) is 0 Å². The molecule has 1 saturated heterocycles. The molecule has 1 aliphatic rings. The van der Waals surface area contributed by atoms with Crippen LogP contribution in [0.1, 0.15) is 32.3 Å². The van der Waals surface area contributed by atoms with Gasteiger partial charge in [0.1, 0.15) is 5.82 Å². The van der Waals surface area contributed by atoms with Crippen molar-refractivity contribution in [3.8, 4) is 0 Å². The van der Waals surface area contributed by atoms with Gasteiger partial charge in [-0.3, -0.25) is 4.99 Å². The van der Waals surface area contributed by atoms with Gasteiger partial charge in [-0.15, -0.1) is 24.0 Å². The highest BCUT2D eigenvalue weighted by molar-refractivity contribution is 14.0. The average molecular weight is 462 g/mol. The van der Waals surface area contributed by atoms with Crippen LogP contribution in [0.2, 0.25) is 0 Å². The van der Waals surface area contributed by atoms with Crippen molar-refractivity contribution in [2.75, 3.05) is 33.7 Å². The number of guanidine groups is 1. The Bertz CT molecular complexity index is 550. The lowest BCUT2D eigenvalue weighted by Crippen LogP contribution is -2.46. The molecule has 1 atom stereocenters. The number of aliphatic imine (C=N–C) groups is 1. The van der Waals surface area contributed by atoms with Crippen molar-refractivity contribution in [1.82, 2.24) is 15.1 Å². The Morgan fingerprint density at radius 3 is 2.84 bits per heavy atom. The molecule has 1 heterocycles. The van der Waals surface area contributed by atoms with E-state index in [1.54, 1.807) is 19.2 Å². The number of hydrogen-bond donors (Lipinski definition) is 1. The Balaban J connectivity index is 0.00000312. The van der Waals surface area contributed by atoms with Gasteiger partial charge >= 0.3 is 0 Å². The van der Waals surface area contributed by atoms with E-state index in [1.807, 2.05) is 18.0 Å². The minimum Gasteiger partial charge on any atom is -0.356 e. The van der Waals surface area contributed by atoms with Crippen LogP contribution in [0.25, 0.3) is 0 Å². The Kier molecular flexibility index (Phi) is 9.71. The topological polar surface area (TPSA) is 30.9 Å². The number of hydrogen-bond acceptors (Lipinski definition) is 2. The fraction of sp³-hybridized carbons (Fsp3) is 0.632. The first kappa shape index (κ1) is 22.2. The molecule has 0 aromatic heterocycles. The van der Waals surface area contributed by atoms with Gasteiger partial charge in [0.15, 0.2) is 5.96 Å². The van der Waals surface area contributed by atoms with Crippen molar-refractivity contribution in [3.05, 3.63) is 35.6 Å². The summed E-state index contributed by atoms with van der Waals surface area (Å²) in [6.45, 7) is 8.46. The zero-order valence-electron chi connectivity index (χ0n) is 15.8. The molecule has 1 aromatic rings. The third-order valence-electron chi connectivity index (χ3n) is 4.71. The highest BCUT2D eigenvalue weighted by atomic mass is 127. The van der Waals surface area contributed by atoms with Gasteiger partial charge in [0.05, 0.1) is 0 Å².